The van der Waals surface area contributed by atoms with Crippen LogP contribution < -0.4 is 0 Å². The summed E-state index contributed by atoms with van der Waals surface area (Å²) in [6, 6.07) is 62.8. The van der Waals surface area contributed by atoms with Crippen molar-refractivity contribution in [2.75, 3.05) is 0 Å². The number of hydrogen-bond donors (Lipinski definition) is 0. The van der Waals surface area contributed by atoms with Crippen LogP contribution in [0.5, 0.6) is 0 Å². The normalized spacial score (nSPS) is 14.6. The fourth-order valence-corrected chi connectivity index (χ4v) is 8.97. The number of rotatable bonds is 3. The van der Waals surface area contributed by atoms with Crippen LogP contribution >= 0.6 is 0 Å². The molecule has 1 atom stereocenters. The van der Waals surface area contributed by atoms with E-state index in [1.807, 2.05) is 0 Å². The van der Waals surface area contributed by atoms with Crippen LogP contribution in [0.25, 0.3) is 65.3 Å². The topological polar surface area (TPSA) is 12.4 Å². The van der Waals surface area contributed by atoms with Crippen LogP contribution in [0, 0.1) is 0 Å². The molecule has 1 unspecified atom stereocenters. The van der Waals surface area contributed by atoms with Gasteiger partial charge in [0.2, 0.25) is 0 Å². The molecule has 9 aromatic rings. The first-order chi connectivity index (χ1) is 24.8. The van der Waals surface area contributed by atoms with Crippen LogP contribution in [0.1, 0.15) is 33.7 Å². The van der Waals surface area contributed by atoms with Crippen LogP contribution in [0.3, 0.4) is 0 Å². The molecule has 9 aromatic carbocycles. The molecule has 0 bridgehead atoms. The highest BCUT2D eigenvalue weighted by Crippen LogP contribution is 2.52. The van der Waals surface area contributed by atoms with E-state index in [0.717, 1.165) is 17.8 Å². The first kappa shape index (κ1) is 27.6. The lowest BCUT2D eigenvalue weighted by atomic mass is 9.72. The van der Waals surface area contributed by atoms with E-state index in [0.29, 0.717) is 0 Å². The Labute approximate surface area is 290 Å². The maximum absolute atomic E-state index is 5.37. The molecule has 0 saturated heterocycles. The summed E-state index contributed by atoms with van der Waals surface area (Å²) in [7, 11) is 0. The molecule has 0 aromatic heterocycles. The molecule has 0 fully saturated rings. The maximum Gasteiger partial charge on any atom is 0.0678 e. The van der Waals surface area contributed by atoms with Gasteiger partial charge in [-0.2, -0.15) is 0 Å². The summed E-state index contributed by atoms with van der Waals surface area (Å²) in [6.45, 7) is 0. The fraction of sp³-hybridized carbons (Fsp3) is 0.0408. The minimum atomic E-state index is 0.0977. The number of aliphatic imine (C=N–C) groups is 1. The average molecular weight is 634 g/mol. The summed E-state index contributed by atoms with van der Waals surface area (Å²) in [5.41, 5.74) is 14.2. The van der Waals surface area contributed by atoms with Gasteiger partial charge in [0.25, 0.3) is 0 Å². The van der Waals surface area contributed by atoms with Gasteiger partial charge in [-0.25, -0.2) is 0 Å². The van der Waals surface area contributed by atoms with Crippen molar-refractivity contribution in [2.45, 2.75) is 12.3 Å². The van der Waals surface area contributed by atoms with Gasteiger partial charge in [-0.15, -0.1) is 0 Å². The van der Waals surface area contributed by atoms with Crippen molar-refractivity contribution in [2.24, 2.45) is 4.99 Å². The Morgan fingerprint density at radius 2 is 1.00 bits per heavy atom. The second kappa shape index (κ2) is 10.6. The van der Waals surface area contributed by atoms with Crippen molar-refractivity contribution in [3.63, 3.8) is 0 Å². The van der Waals surface area contributed by atoms with Gasteiger partial charge < -0.3 is 0 Å². The Morgan fingerprint density at radius 1 is 0.440 bits per heavy atom. The summed E-state index contributed by atoms with van der Waals surface area (Å²) < 4.78 is 0. The molecule has 1 nitrogen and oxygen atoms in total. The molecule has 0 spiro atoms. The molecule has 50 heavy (non-hydrogen) atoms. The monoisotopic (exact) mass is 633 g/mol. The van der Waals surface area contributed by atoms with Gasteiger partial charge in [0.1, 0.15) is 0 Å². The van der Waals surface area contributed by atoms with Crippen LogP contribution in [0.2, 0.25) is 0 Å². The van der Waals surface area contributed by atoms with Crippen molar-refractivity contribution in [1.82, 2.24) is 0 Å². The molecule has 0 radical (unpaired) electrons. The average Bonchev–Trinajstić information content (AvgIpc) is 3.58. The second-order valence-corrected chi connectivity index (χ2v) is 13.8. The third-order valence-electron chi connectivity index (χ3n) is 11.2. The molecule has 0 N–H and O–H groups in total. The minimum Gasteiger partial charge on any atom is -0.251 e. The van der Waals surface area contributed by atoms with Crippen molar-refractivity contribution in [3.05, 3.63) is 198 Å². The minimum absolute atomic E-state index is 0.0977. The molecule has 0 amide bonds. The van der Waals surface area contributed by atoms with Crippen molar-refractivity contribution >= 4 is 54.5 Å². The third-order valence-corrected chi connectivity index (χ3v) is 11.2. The maximum atomic E-state index is 5.37. The lowest BCUT2D eigenvalue weighted by Crippen LogP contribution is -2.19. The predicted molar refractivity (Wildman–Crippen MR) is 211 cm³/mol. The Bertz CT molecular complexity index is 2850. The van der Waals surface area contributed by atoms with Crippen molar-refractivity contribution in [1.29, 1.82) is 0 Å². The van der Waals surface area contributed by atoms with Gasteiger partial charge in [0.15, 0.2) is 0 Å². The molecule has 0 saturated carbocycles. The van der Waals surface area contributed by atoms with E-state index < -0.39 is 0 Å². The van der Waals surface area contributed by atoms with Crippen molar-refractivity contribution < 1.29 is 0 Å². The zero-order valence-corrected chi connectivity index (χ0v) is 27.4. The quantitative estimate of drug-likeness (QED) is 0.172. The number of hydrogen-bond acceptors (Lipinski definition) is 1. The molecule has 2 aliphatic rings. The molecule has 1 aliphatic carbocycles. The second-order valence-electron chi connectivity index (χ2n) is 13.8. The molecule has 11 rings (SSSR count). The Kier molecular flexibility index (Phi) is 5.85. The van der Waals surface area contributed by atoms with E-state index in [-0.39, 0.29) is 5.92 Å². The summed E-state index contributed by atoms with van der Waals surface area (Å²) in [4.78, 5) is 5.37. The van der Waals surface area contributed by atoms with Crippen LogP contribution in [-0.4, -0.2) is 5.71 Å². The molecule has 232 valence electrons. The van der Waals surface area contributed by atoms with E-state index in [1.165, 1.54) is 93.2 Å². The van der Waals surface area contributed by atoms with E-state index in [1.54, 1.807) is 0 Å². The largest absolute Gasteiger partial charge is 0.251 e. The highest BCUT2D eigenvalue weighted by molar-refractivity contribution is 6.22. The van der Waals surface area contributed by atoms with E-state index in [4.69, 9.17) is 4.99 Å². The number of nitrogens with zero attached hydrogens (tertiary/aromatic N) is 1. The number of benzene rings is 9. The number of fused-ring (bicyclic) bond motifs is 6. The predicted octanol–water partition coefficient (Wildman–Crippen LogP) is 12.8. The van der Waals surface area contributed by atoms with Crippen molar-refractivity contribution in [3.8, 4) is 22.3 Å². The molecule has 1 heteroatoms. The van der Waals surface area contributed by atoms with Gasteiger partial charge in [-0.05, 0) is 118 Å². The van der Waals surface area contributed by atoms with Crippen LogP contribution in [0.15, 0.2) is 175 Å². The highest BCUT2D eigenvalue weighted by atomic mass is 14.8. The molecular weight excluding hydrogens is 603 g/mol. The summed E-state index contributed by atoms with van der Waals surface area (Å²) >= 11 is 0. The van der Waals surface area contributed by atoms with Crippen LogP contribution in [0.4, 0.5) is 5.69 Å². The smallest absolute Gasteiger partial charge is 0.0678 e. The Balaban J connectivity index is 1.16. The zero-order chi connectivity index (χ0) is 32.8. The van der Waals surface area contributed by atoms with E-state index >= 15 is 0 Å². The summed E-state index contributed by atoms with van der Waals surface area (Å²) in [6.07, 6.45) is 0.890. The Hall–Kier alpha value is -6.31. The first-order valence-corrected chi connectivity index (χ1v) is 17.5. The molecule has 1 heterocycles. The van der Waals surface area contributed by atoms with E-state index in [9.17, 15) is 0 Å². The van der Waals surface area contributed by atoms with Gasteiger partial charge in [-0.3, -0.25) is 4.99 Å². The molecular formula is C49H31N. The summed E-state index contributed by atoms with van der Waals surface area (Å²) in [5.74, 6) is 0.0977. The van der Waals surface area contributed by atoms with Gasteiger partial charge in [-0.1, -0.05) is 152 Å². The van der Waals surface area contributed by atoms with Gasteiger partial charge in [0, 0.05) is 0 Å². The lowest BCUT2D eigenvalue weighted by molar-refractivity contribution is 0.969. The summed E-state index contributed by atoms with van der Waals surface area (Å²) in [5, 5.41) is 10.2. The van der Waals surface area contributed by atoms with Gasteiger partial charge >= 0.3 is 0 Å². The SMILES string of the molecule is c1cc2c3c(c1)N=C(c1ccc4ccccc4c1)C3c1cccc(-c3c4ccccc4c(-c4ccc5ccccc5c4)c4ccccc34)c1C2. The van der Waals surface area contributed by atoms with E-state index in [2.05, 4.69) is 170 Å². The zero-order valence-electron chi connectivity index (χ0n) is 27.4. The fourth-order valence-electron chi connectivity index (χ4n) is 8.97. The first-order valence-electron chi connectivity index (χ1n) is 17.5. The standard InChI is InChI=1S/C49H31N/c1-3-13-32-27-35(25-23-30(32)11-1)45-37-16-5-7-18-39(37)47(40-19-8-6-17-38(40)45)41-20-10-21-42-43(41)29-34-15-9-22-44-46(34)48(42)49(50-44)36-26-24-31-12-2-4-14-33(31)28-36/h1-28,48H,29H2. The highest BCUT2D eigenvalue weighted by Gasteiger charge is 2.37. The molecule has 1 aliphatic heterocycles. The van der Waals surface area contributed by atoms with Crippen LogP contribution in [-0.2, 0) is 6.42 Å². The Morgan fingerprint density at radius 3 is 1.68 bits per heavy atom. The lowest BCUT2D eigenvalue weighted by Gasteiger charge is -2.29. The third kappa shape index (κ3) is 3.98. The van der Waals surface area contributed by atoms with Gasteiger partial charge in [0.05, 0.1) is 17.3 Å².